The number of amides is 2. The highest BCUT2D eigenvalue weighted by Gasteiger charge is 2.50. The number of benzene rings is 2. The van der Waals surface area contributed by atoms with Crippen LogP contribution in [0.1, 0.15) is 84.5 Å². The quantitative estimate of drug-likeness (QED) is 0.212. The Morgan fingerprint density at radius 3 is 2.24 bits per heavy atom. The lowest BCUT2D eigenvalue weighted by atomic mass is 9.85. The topological polar surface area (TPSA) is 126 Å². The van der Waals surface area contributed by atoms with Crippen molar-refractivity contribution in [3.63, 3.8) is 0 Å². The maximum atomic E-state index is 13.3. The molecule has 0 bridgehead atoms. The van der Waals surface area contributed by atoms with Crippen molar-refractivity contribution in [1.82, 2.24) is 29.7 Å². The Labute approximate surface area is 287 Å². The first-order valence-electron chi connectivity index (χ1n) is 17.0. The summed E-state index contributed by atoms with van der Waals surface area (Å²) in [5, 5.41) is 0. The van der Waals surface area contributed by atoms with Crippen LogP contribution < -0.4 is 0 Å². The van der Waals surface area contributed by atoms with Gasteiger partial charge in [-0.25, -0.2) is 19.6 Å². The number of fused-ring (bicyclic) bond motifs is 1. The molecule has 11 nitrogen and oxygen atoms in total. The van der Waals surface area contributed by atoms with Gasteiger partial charge in [0, 0.05) is 25.1 Å². The number of nitrogens with zero attached hydrogens (tertiary/aromatic N) is 4. The molecular formula is C38H46N6O5. The van der Waals surface area contributed by atoms with Crippen LogP contribution in [0, 0.1) is 5.41 Å². The fourth-order valence-corrected chi connectivity index (χ4v) is 7.17. The lowest BCUT2D eigenvalue weighted by Crippen LogP contribution is -2.38. The summed E-state index contributed by atoms with van der Waals surface area (Å²) < 4.78 is 17.2. The fourth-order valence-electron chi connectivity index (χ4n) is 7.17. The Balaban J connectivity index is 1.09. The Hall–Kier alpha value is -4.64. The average molecular weight is 667 g/mol. The zero-order valence-electron chi connectivity index (χ0n) is 29.3. The van der Waals surface area contributed by atoms with Crippen LogP contribution in [0.4, 0.5) is 9.59 Å². The maximum Gasteiger partial charge on any atom is 0.411 e. The number of ether oxygens (including phenoxy) is 3. The summed E-state index contributed by atoms with van der Waals surface area (Å²) in [5.41, 5.74) is 5.45. The van der Waals surface area contributed by atoms with E-state index in [1.807, 2.05) is 58.7 Å². The number of imidazole rings is 2. The second-order valence-corrected chi connectivity index (χ2v) is 15.8. The molecule has 2 N–H and O–H groups in total. The predicted molar refractivity (Wildman–Crippen MR) is 187 cm³/mol. The summed E-state index contributed by atoms with van der Waals surface area (Å²) in [4.78, 5) is 46.3. The monoisotopic (exact) mass is 666 g/mol. The Kier molecular flexibility index (Phi) is 8.09. The highest BCUT2D eigenvalue weighted by Crippen LogP contribution is 2.48. The highest BCUT2D eigenvalue weighted by atomic mass is 16.6. The number of carbonyl (C=O) groups excluding carboxylic acids is 2. The van der Waals surface area contributed by atoms with Crippen molar-refractivity contribution in [3.05, 3.63) is 72.5 Å². The minimum absolute atomic E-state index is 0.0773. The van der Waals surface area contributed by atoms with E-state index in [9.17, 15) is 9.59 Å². The molecule has 1 spiro atoms. The van der Waals surface area contributed by atoms with Gasteiger partial charge in [-0.15, -0.1) is 0 Å². The third-order valence-corrected chi connectivity index (χ3v) is 9.46. The van der Waals surface area contributed by atoms with E-state index in [1.54, 1.807) is 4.90 Å². The van der Waals surface area contributed by atoms with Gasteiger partial charge in [0.2, 0.25) is 0 Å². The van der Waals surface area contributed by atoms with Crippen LogP contribution in [0.15, 0.2) is 60.8 Å². The second kappa shape index (κ2) is 12.0. The van der Waals surface area contributed by atoms with Gasteiger partial charge in [-0.2, -0.15) is 0 Å². The molecule has 3 fully saturated rings. The lowest BCUT2D eigenvalue weighted by Gasteiger charge is -2.28. The van der Waals surface area contributed by atoms with Gasteiger partial charge in [0.05, 0.1) is 41.6 Å². The number of aromatic nitrogens is 4. The largest absolute Gasteiger partial charge is 0.444 e. The molecule has 49 heavy (non-hydrogen) atoms. The van der Waals surface area contributed by atoms with Gasteiger partial charge in [0.1, 0.15) is 22.9 Å². The molecule has 258 valence electrons. The molecule has 4 aromatic rings. The molecule has 5 heterocycles. The molecule has 3 atom stereocenters. The minimum Gasteiger partial charge on any atom is -0.444 e. The van der Waals surface area contributed by atoms with E-state index in [2.05, 4.69) is 57.9 Å². The van der Waals surface area contributed by atoms with Crippen molar-refractivity contribution < 1.29 is 23.8 Å². The Bertz CT molecular complexity index is 1890. The molecule has 7 rings (SSSR count). The first-order valence-corrected chi connectivity index (χ1v) is 17.0. The second-order valence-electron chi connectivity index (χ2n) is 15.8. The van der Waals surface area contributed by atoms with Crippen molar-refractivity contribution in [2.45, 2.75) is 84.1 Å². The van der Waals surface area contributed by atoms with Crippen LogP contribution >= 0.6 is 0 Å². The number of nitrogens with one attached hydrogen (secondary N) is 2. The number of aromatic amines is 2. The van der Waals surface area contributed by atoms with Crippen molar-refractivity contribution in [2.24, 2.45) is 5.41 Å². The molecule has 2 amide bonds. The third kappa shape index (κ3) is 6.81. The third-order valence-electron chi connectivity index (χ3n) is 9.46. The van der Waals surface area contributed by atoms with E-state index < -0.39 is 11.2 Å². The number of hydrogen-bond acceptors (Lipinski definition) is 7. The summed E-state index contributed by atoms with van der Waals surface area (Å²) in [5.74, 6) is 1.48. The van der Waals surface area contributed by atoms with E-state index in [4.69, 9.17) is 19.2 Å². The average Bonchev–Trinajstić information content (AvgIpc) is 3.86. The maximum absolute atomic E-state index is 13.3. The number of likely N-dealkylation sites (tertiary alicyclic amines) is 2. The fraction of sp³-hybridized carbons (Fsp3) is 0.474. The Morgan fingerprint density at radius 1 is 0.898 bits per heavy atom. The van der Waals surface area contributed by atoms with Crippen LogP contribution in [0.25, 0.3) is 33.4 Å². The van der Waals surface area contributed by atoms with Crippen LogP contribution in [0.3, 0.4) is 0 Å². The number of hydrogen-bond donors (Lipinski definition) is 2. The van der Waals surface area contributed by atoms with Gasteiger partial charge in [0.25, 0.3) is 0 Å². The molecule has 3 saturated heterocycles. The van der Waals surface area contributed by atoms with E-state index in [0.717, 1.165) is 57.7 Å². The van der Waals surface area contributed by atoms with Gasteiger partial charge < -0.3 is 24.2 Å². The van der Waals surface area contributed by atoms with Crippen molar-refractivity contribution in [3.8, 4) is 22.4 Å². The molecular weight excluding hydrogens is 620 g/mol. The molecule has 3 aliphatic heterocycles. The van der Waals surface area contributed by atoms with E-state index in [0.29, 0.717) is 38.5 Å². The van der Waals surface area contributed by atoms with Crippen molar-refractivity contribution in [2.75, 3.05) is 26.3 Å². The van der Waals surface area contributed by atoms with Crippen LogP contribution in [0.5, 0.6) is 0 Å². The summed E-state index contributed by atoms with van der Waals surface area (Å²) in [6, 6.07) is 14.0. The number of carbonyl (C=O) groups is 2. The van der Waals surface area contributed by atoms with Crippen LogP contribution in [0.2, 0.25) is 0 Å². The summed E-state index contributed by atoms with van der Waals surface area (Å²) in [7, 11) is 0. The highest BCUT2D eigenvalue weighted by molar-refractivity contribution is 5.83. The van der Waals surface area contributed by atoms with Gasteiger partial charge in [-0.1, -0.05) is 42.5 Å². The van der Waals surface area contributed by atoms with Gasteiger partial charge in [0.15, 0.2) is 0 Å². The standard InChI is InChI=1S/C38H46N6O5/c1-23-16-30(43(20-23)34(45)48-36(2,3)4)32-39-19-29(42-32)25-10-8-24(9-11-25)26-12-13-27-28(17-26)41-33(40-27)31-18-38(14-15-47-22-38)21-44(31)35(46)49-37(5,6)7/h8-13,17,19,30-31H,1,14-16,18,20-22H2,2-7H3,(H,39,42)(H,40,41)/t30-,31-,38-/m0/s1. The lowest BCUT2D eigenvalue weighted by molar-refractivity contribution is 0.0197. The zero-order valence-corrected chi connectivity index (χ0v) is 29.3. The van der Waals surface area contributed by atoms with Gasteiger partial charge >= 0.3 is 12.2 Å². The number of rotatable bonds is 4. The molecule has 2 aromatic heterocycles. The van der Waals surface area contributed by atoms with Crippen LogP contribution in [-0.4, -0.2) is 79.4 Å². The van der Waals surface area contributed by atoms with E-state index in [1.165, 1.54) is 0 Å². The molecule has 0 radical (unpaired) electrons. The SMILES string of the molecule is C=C1C[C@@H](c2ncc(-c3ccc(-c4ccc5nc([C@@H]6C[C@@]7(CCOC7)CN6C(=O)OC(C)(C)C)[nH]c5c4)cc3)[nH]2)N(C(=O)OC(C)(C)C)C1. The zero-order chi connectivity index (χ0) is 34.7. The molecule has 0 saturated carbocycles. The molecule has 0 aliphatic carbocycles. The first kappa shape index (κ1) is 32.9. The Morgan fingerprint density at radius 2 is 1.57 bits per heavy atom. The van der Waals surface area contributed by atoms with Crippen molar-refractivity contribution >= 4 is 23.2 Å². The van der Waals surface area contributed by atoms with Gasteiger partial charge in [-0.3, -0.25) is 9.80 Å². The molecule has 3 aliphatic rings. The summed E-state index contributed by atoms with van der Waals surface area (Å²) in [6.45, 7) is 17.8. The normalized spacial score (nSPS) is 22.9. The first-order chi connectivity index (χ1) is 23.2. The summed E-state index contributed by atoms with van der Waals surface area (Å²) in [6.07, 6.45) is 3.46. The minimum atomic E-state index is -0.587. The number of H-pyrrole nitrogens is 2. The molecule has 0 unspecified atom stereocenters. The summed E-state index contributed by atoms with van der Waals surface area (Å²) >= 11 is 0. The molecule has 2 aromatic carbocycles. The molecule has 11 heteroatoms. The van der Waals surface area contributed by atoms with E-state index >= 15 is 0 Å². The predicted octanol–water partition coefficient (Wildman–Crippen LogP) is 7.95. The van der Waals surface area contributed by atoms with Gasteiger partial charge in [-0.05, 0) is 89.6 Å². The smallest absolute Gasteiger partial charge is 0.411 e. The van der Waals surface area contributed by atoms with Crippen molar-refractivity contribution in [1.29, 1.82) is 0 Å². The van der Waals surface area contributed by atoms with Crippen LogP contribution in [-0.2, 0) is 14.2 Å². The van der Waals surface area contributed by atoms with E-state index in [-0.39, 0.29) is 29.7 Å².